The summed E-state index contributed by atoms with van der Waals surface area (Å²) in [6.45, 7) is 3.21. The van der Waals surface area contributed by atoms with Crippen molar-refractivity contribution in [1.82, 2.24) is 10.2 Å². The normalized spacial score (nSPS) is 20.5. The largest absolute Gasteiger partial charge is 0.384 e. The fourth-order valence-electron chi connectivity index (χ4n) is 2.40. The molecule has 110 valence electrons. The molecule has 1 amide bonds. The molecule has 0 aromatic heterocycles. The Balaban J connectivity index is 2.16. The predicted molar refractivity (Wildman–Crippen MR) is 69.9 cm³/mol. The number of hydrogen-bond donors (Lipinski definition) is 1. The van der Waals surface area contributed by atoms with Crippen LogP contribution in [0.3, 0.4) is 0 Å². The number of nitrogens with zero attached hydrogens (tertiary/aromatic N) is 1. The first-order valence-corrected chi connectivity index (χ1v) is 6.49. The number of carbonyl (C=O) groups excluding carboxylic acids is 1. The van der Waals surface area contributed by atoms with Crippen molar-refractivity contribution < 1.29 is 18.3 Å². The topological polar surface area (TPSA) is 41.6 Å². The predicted octanol–water partition coefficient (Wildman–Crippen LogP) is 1.68. The number of hydrogen-bond acceptors (Lipinski definition) is 3. The summed E-state index contributed by atoms with van der Waals surface area (Å²) in [6.07, 6.45) is -0.420. The standard InChI is InChI=1S/C14H18F2N2O2/c1-9(8-20-2)7-18-13(19)6-17-14(18)10-3-4-11(15)12(16)5-10/h3-5,9,14,17H,6-8H2,1-2H3. The molecule has 1 aromatic rings. The number of benzene rings is 1. The van der Waals surface area contributed by atoms with Crippen molar-refractivity contribution in [1.29, 1.82) is 0 Å². The molecule has 0 bridgehead atoms. The number of methoxy groups -OCH3 is 1. The third kappa shape index (κ3) is 3.13. The van der Waals surface area contributed by atoms with Gasteiger partial charge < -0.3 is 9.64 Å². The summed E-state index contributed by atoms with van der Waals surface area (Å²) >= 11 is 0. The maximum Gasteiger partial charge on any atom is 0.238 e. The Morgan fingerprint density at radius 2 is 2.20 bits per heavy atom. The van der Waals surface area contributed by atoms with Gasteiger partial charge in [-0.1, -0.05) is 13.0 Å². The van der Waals surface area contributed by atoms with Crippen LogP contribution in [0.25, 0.3) is 0 Å². The Kier molecular flexibility index (Phi) is 4.67. The molecule has 0 aliphatic carbocycles. The highest BCUT2D eigenvalue weighted by Crippen LogP contribution is 2.24. The van der Waals surface area contributed by atoms with Gasteiger partial charge in [0.05, 0.1) is 13.2 Å². The van der Waals surface area contributed by atoms with E-state index in [1.54, 1.807) is 12.0 Å². The fraction of sp³-hybridized carbons (Fsp3) is 0.500. The zero-order valence-corrected chi connectivity index (χ0v) is 11.5. The zero-order chi connectivity index (χ0) is 14.7. The Hall–Kier alpha value is -1.53. The van der Waals surface area contributed by atoms with Crippen LogP contribution in [0.1, 0.15) is 18.7 Å². The van der Waals surface area contributed by atoms with E-state index in [2.05, 4.69) is 5.32 Å². The van der Waals surface area contributed by atoms with Crippen LogP contribution in [0.5, 0.6) is 0 Å². The lowest BCUT2D eigenvalue weighted by molar-refractivity contribution is -0.128. The first kappa shape index (κ1) is 14.9. The lowest BCUT2D eigenvalue weighted by Crippen LogP contribution is -2.35. The molecule has 1 saturated heterocycles. The Labute approximate surface area is 116 Å². The van der Waals surface area contributed by atoms with Gasteiger partial charge in [0.1, 0.15) is 6.17 Å². The second-order valence-electron chi connectivity index (χ2n) is 5.06. The Morgan fingerprint density at radius 3 is 2.85 bits per heavy atom. The molecule has 4 nitrogen and oxygen atoms in total. The average Bonchev–Trinajstić information content (AvgIpc) is 2.75. The highest BCUT2D eigenvalue weighted by molar-refractivity contribution is 5.81. The number of amides is 1. The van der Waals surface area contributed by atoms with E-state index in [1.165, 1.54) is 6.07 Å². The first-order chi connectivity index (χ1) is 9.52. The molecule has 0 radical (unpaired) electrons. The first-order valence-electron chi connectivity index (χ1n) is 6.49. The Bertz CT molecular complexity index is 496. The Morgan fingerprint density at radius 1 is 1.45 bits per heavy atom. The van der Waals surface area contributed by atoms with Gasteiger partial charge in [0.25, 0.3) is 0 Å². The molecule has 1 N–H and O–H groups in total. The molecule has 1 aliphatic rings. The van der Waals surface area contributed by atoms with Crippen molar-refractivity contribution in [2.75, 3.05) is 26.8 Å². The minimum absolute atomic E-state index is 0.0531. The van der Waals surface area contributed by atoms with Crippen LogP contribution >= 0.6 is 0 Å². The van der Waals surface area contributed by atoms with E-state index in [-0.39, 0.29) is 18.4 Å². The maximum atomic E-state index is 13.3. The third-order valence-electron chi connectivity index (χ3n) is 3.30. The summed E-state index contributed by atoms with van der Waals surface area (Å²) in [5.74, 6) is -1.69. The van der Waals surface area contributed by atoms with E-state index in [4.69, 9.17) is 4.74 Å². The van der Waals surface area contributed by atoms with Crippen molar-refractivity contribution in [3.63, 3.8) is 0 Å². The van der Waals surface area contributed by atoms with Crippen molar-refractivity contribution in [3.05, 3.63) is 35.4 Å². The average molecular weight is 284 g/mol. The molecule has 6 heteroatoms. The maximum absolute atomic E-state index is 13.3. The van der Waals surface area contributed by atoms with Crippen LogP contribution in [0, 0.1) is 17.6 Å². The second-order valence-corrected chi connectivity index (χ2v) is 5.06. The number of halogens is 2. The minimum atomic E-state index is -0.909. The lowest BCUT2D eigenvalue weighted by atomic mass is 10.1. The van der Waals surface area contributed by atoms with Gasteiger partial charge in [-0.05, 0) is 23.6 Å². The molecule has 2 rings (SSSR count). The summed E-state index contributed by atoms with van der Waals surface area (Å²) in [6, 6.07) is 3.69. The van der Waals surface area contributed by atoms with Crippen LogP contribution in [0.15, 0.2) is 18.2 Å². The molecule has 2 atom stereocenters. The van der Waals surface area contributed by atoms with Crippen molar-refractivity contribution in [2.45, 2.75) is 13.1 Å². The summed E-state index contributed by atoms with van der Waals surface area (Å²) in [5.41, 5.74) is 0.541. The molecule has 1 heterocycles. The number of rotatable bonds is 5. The van der Waals surface area contributed by atoms with Crippen LogP contribution in [-0.2, 0) is 9.53 Å². The van der Waals surface area contributed by atoms with Gasteiger partial charge in [0.2, 0.25) is 5.91 Å². The molecular weight excluding hydrogens is 266 g/mol. The summed E-state index contributed by atoms with van der Waals surface area (Å²) in [5, 5.41) is 3.01. The van der Waals surface area contributed by atoms with Gasteiger partial charge in [-0.3, -0.25) is 10.1 Å². The summed E-state index contributed by atoms with van der Waals surface area (Å²) < 4.78 is 31.3. The van der Waals surface area contributed by atoms with Crippen molar-refractivity contribution in [2.24, 2.45) is 5.92 Å². The van der Waals surface area contributed by atoms with Crippen LogP contribution in [0.2, 0.25) is 0 Å². The summed E-state index contributed by atoms with van der Waals surface area (Å²) in [7, 11) is 1.60. The number of ether oxygens (including phenoxy) is 1. The van der Waals surface area contributed by atoms with Gasteiger partial charge in [-0.25, -0.2) is 8.78 Å². The van der Waals surface area contributed by atoms with E-state index in [1.807, 2.05) is 6.92 Å². The van der Waals surface area contributed by atoms with Crippen LogP contribution in [-0.4, -0.2) is 37.6 Å². The molecule has 1 aromatic carbocycles. The second kappa shape index (κ2) is 6.28. The van der Waals surface area contributed by atoms with E-state index < -0.39 is 17.8 Å². The molecule has 0 spiro atoms. The van der Waals surface area contributed by atoms with E-state index >= 15 is 0 Å². The number of carbonyl (C=O) groups is 1. The van der Waals surface area contributed by atoms with Crippen LogP contribution < -0.4 is 5.32 Å². The van der Waals surface area contributed by atoms with E-state index in [0.29, 0.717) is 18.7 Å². The SMILES string of the molecule is COCC(C)CN1C(=O)CNC1c1ccc(F)c(F)c1. The van der Waals surface area contributed by atoms with E-state index in [0.717, 1.165) is 12.1 Å². The number of nitrogens with one attached hydrogen (secondary N) is 1. The van der Waals surface area contributed by atoms with Crippen LogP contribution in [0.4, 0.5) is 8.78 Å². The molecule has 20 heavy (non-hydrogen) atoms. The molecule has 2 unspecified atom stereocenters. The molecule has 1 aliphatic heterocycles. The minimum Gasteiger partial charge on any atom is -0.384 e. The van der Waals surface area contributed by atoms with Gasteiger partial charge in [0, 0.05) is 13.7 Å². The van der Waals surface area contributed by atoms with Gasteiger partial charge in [0.15, 0.2) is 11.6 Å². The van der Waals surface area contributed by atoms with Gasteiger partial charge in [-0.2, -0.15) is 0 Å². The molecule has 1 fully saturated rings. The highest BCUT2D eigenvalue weighted by Gasteiger charge is 2.32. The van der Waals surface area contributed by atoms with Gasteiger partial charge in [-0.15, -0.1) is 0 Å². The van der Waals surface area contributed by atoms with E-state index in [9.17, 15) is 13.6 Å². The molecular formula is C14H18F2N2O2. The smallest absolute Gasteiger partial charge is 0.238 e. The summed E-state index contributed by atoms with van der Waals surface area (Å²) in [4.78, 5) is 13.5. The zero-order valence-electron chi connectivity index (χ0n) is 11.5. The molecule has 0 saturated carbocycles. The monoisotopic (exact) mass is 284 g/mol. The van der Waals surface area contributed by atoms with Crippen molar-refractivity contribution in [3.8, 4) is 0 Å². The van der Waals surface area contributed by atoms with Crippen molar-refractivity contribution >= 4 is 5.91 Å². The third-order valence-corrected chi connectivity index (χ3v) is 3.30. The quantitative estimate of drug-likeness (QED) is 0.894. The highest BCUT2D eigenvalue weighted by atomic mass is 19.2. The lowest BCUT2D eigenvalue weighted by Gasteiger charge is -2.27. The van der Waals surface area contributed by atoms with Gasteiger partial charge >= 0.3 is 0 Å². The fourth-order valence-corrected chi connectivity index (χ4v) is 2.40.